The van der Waals surface area contributed by atoms with Crippen LogP contribution in [0.15, 0.2) is 54.7 Å². The number of carbonyl (C=O) groups is 2. The van der Waals surface area contributed by atoms with E-state index in [1.165, 1.54) is 0 Å². The second-order valence-electron chi connectivity index (χ2n) is 8.28. The van der Waals surface area contributed by atoms with Crippen molar-refractivity contribution in [3.05, 3.63) is 60.3 Å². The van der Waals surface area contributed by atoms with Crippen LogP contribution in [0.1, 0.15) is 12.0 Å². The second kappa shape index (κ2) is 9.98. The minimum Gasteiger partial charge on any atom is -0.495 e. The summed E-state index contributed by atoms with van der Waals surface area (Å²) in [6.07, 6.45) is 1.62. The molecule has 1 fully saturated rings. The number of methoxy groups -OCH3 is 1. The molecule has 0 radical (unpaired) electrons. The first-order valence-corrected chi connectivity index (χ1v) is 11.3. The number of anilines is 2. The SMILES string of the molecule is COc1cnnc(-c2cccc(CNCC[C@H]3CN(c4ccc5c(c4)NC(=O)CO5)C(=O)O3)c2)c1. The number of aromatic nitrogens is 2. The monoisotopic (exact) mass is 475 g/mol. The molecule has 0 aliphatic carbocycles. The second-order valence-corrected chi connectivity index (χ2v) is 8.28. The zero-order valence-corrected chi connectivity index (χ0v) is 19.2. The fraction of sp³-hybridized carbons (Fsp3) is 0.280. The van der Waals surface area contributed by atoms with Crippen molar-refractivity contribution in [2.75, 3.05) is 37.0 Å². The molecule has 0 saturated carbocycles. The van der Waals surface area contributed by atoms with E-state index in [0.29, 0.717) is 48.9 Å². The molecule has 2 aromatic carbocycles. The first-order chi connectivity index (χ1) is 17.1. The number of ether oxygens (including phenoxy) is 3. The third-order valence-electron chi connectivity index (χ3n) is 5.84. The van der Waals surface area contributed by atoms with Gasteiger partial charge in [-0.25, -0.2) is 4.79 Å². The van der Waals surface area contributed by atoms with Crippen LogP contribution in [0.5, 0.6) is 11.5 Å². The molecule has 1 atom stereocenters. The minimum absolute atomic E-state index is 0.00737. The molecular formula is C25H25N5O5. The summed E-state index contributed by atoms with van der Waals surface area (Å²) in [5.41, 5.74) is 4.03. The van der Waals surface area contributed by atoms with E-state index in [1.54, 1.807) is 36.4 Å². The molecule has 2 amide bonds. The quantitative estimate of drug-likeness (QED) is 0.478. The Hall–Kier alpha value is -4.18. The van der Waals surface area contributed by atoms with Crippen molar-refractivity contribution in [2.45, 2.75) is 19.1 Å². The predicted octanol–water partition coefficient (Wildman–Crippen LogP) is 2.99. The van der Waals surface area contributed by atoms with Gasteiger partial charge >= 0.3 is 6.09 Å². The zero-order chi connectivity index (χ0) is 24.2. The molecule has 3 aromatic rings. The molecule has 0 unspecified atom stereocenters. The number of nitrogens with one attached hydrogen (secondary N) is 2. The van der Waals surface area contributed by atoms with Crippen molar-refractivity contribution in [1.29, 1.82) is 0 Å². The highest BCUT2D eigenvalue weighted by atomic mass is 16.6. The van der Waals surface area contributed by atoms with E-state index in [-0.39, 0.29) is 18.6 Å². The molecule has 35 heavy (non-hydrogen) atoms. The summed E-state index contributed by atoms with van der Waals surface area (Å²) in [6.45, 7) is 1.79. The van der Waals surface area contributed by atoms with Crippen molar-refractivity contribution < 1.29 is 23.8 Å². The first-order valence-electron chi connectivity index (χ1n) is 11.3. The van der Waals surface area contributed by atoms with Crippen LogP contribution >= 0.6 is 0 Å². The standard InChI is InChI=1S/C25H25N5O5/c1-33-20-11-21(29-27-13-20)17-4-2-3-16(9-17)12-26-8-7-19-14-30(25(32)35-19)18-5-6-23-22(10-18)28-24(31)15-34-23/h2-6,9-11,13,19,26H,7-8,12,14-15H2,1H3,(H,28,31)/t19-/m0/s1. The Morgan fingerprint density at radius 1 is 1.20 bits per heavy atom. The van der Waals surface area contributed by atoms with Gasteiger partial charge in [-0.2, -0.15) is 10.2 Å². The lowest BCUT2D eigenvalue weighted by molar-refractivity contribution is -0.118. The smallest absolute Gasteiger partial charge is 0.414 e. The van der Waals surface area contributed by atoms with Gasteiger partial charge in [0.2, 0.25) is 0 Å². The van der Waals surface area contributed by atoms with E-state index >= 15 is 0 Å². The number of nitrogens with zero attached hydrogens (tertiary/aromatic N) is 3. The highest BCUT2D eigenvalue weighted by molar-refractivity contribution is 5.97. The Morgan fingerprint density at radius 2 is 2.11 bits per heavy atom. The van der Waals surface area contributed by atoms with Gasteiger partial charge in [-0.15, -0.1) is 0 Å². The number of benzene rings is 2. The van der Waals surface area contributed by atoms with Crippen molar-refractivity contribution in [2.24, 2.45) is 0 Å². The van der Waals surface area contributed by atoms with Gasteiger partial charge in [-0.05, 0) is 42.8 Å². The van der Waals surface area contributed by atoms with Gasteiger partial charge in [0.1, 0.15) is 17.6 Å². The number of amides is 2. The Balaban J connectivity index is 1.13. The summed E-state index contributed by atoms with van der Waals surface area (Å²) in [6, 6.07) is 15.2. The van der Waals surface area contributed by atoms with Gasteiger partial charge in [0.25, 0.3) is 5.91 Å². The van der Waals surface area contributed by atoms with E-state index in [1.807, 2.05) is 24.3 Å². The fourth-order valence-corrected chi connectivity index (χ4v) is 4.06. The third kappa shape index (κ3) is 5.17. The highest BCUT2D eigenvalue weighted by Gasteiger charge is 2.32. The van der Waals surface area contributed by atoms with Crippen LogP contribution in [-0.4, -0.2) is 55.1 Å². The lowest BCUT2D eigenvalue weighted by Gasteiger charge is -2.20. The maximum absolute atomic E-state index is 12.4. The van der Waals surface area contributed by atoms with Crippen molar-refractivity contribution in [3.63, 3.8) is 0 Å². The molecule has 0 bridgehead atoms. The van der Waals surface area contributed by atoms with Gasteiger partial charge in [-0.3, -0.25) is 9.69 Å². The number of hydrogen-bond donors (Lipinski definition) is 2. The van der Waals surface area contributed by atoms with Crippen LogP contribution in [0.2, 0.25) is 0 Å². The summed E-state index contributed by atoms with van der Waals surface area (Å²) >= 11 is 0. The van der Waals surface area contributed by atoms with E-state index in [0.717, 1.165) is 16.8 Å². The number of cyclic esters (lactones) is 1. The molecule has 10 nitrogen and oxygen atoms in total. The van der Waals surface area contributed by atoms with E-state index in [2.05, 4.69) is 26.9 Å². The average Bonchev–Trinajstić information content (AvgIpc) is 3.26. The molecule has 2 aliphatic rings. The summed E-state index contributed by atoms with van der Waals surface area (Å²) < 4.78 is 16.2. The van der Waals surface area contributed by atoms with Crippen LogP contribution < -0.4 is 25.0 Å². The number of hydrogen-bond acceptors (Lipinski definition) is 8. The molecule has 10 heteroatoms. The zero-order valence-electron chi connectivity index (χ0n) is 19.2. The van der Waals surface area contributed by atoms with E-state index < -0.39 is 6.09 Å². The fourth-order valence-electron chi connectivity index (χ4n) is 4.06. The summed E-state index contributed by atoms with van der Waals surface area (Å²) in [7, 11) is 1.60. The average molecular weight is 476 g/mol. The van der Waals surface area contributed by atoms with Crippen molar-refractivity contribution in [3.8, 4) is 22.8 Å². The normalized spacial score (nSPS) is 16.8. The van der Waals surface area contributed by atoms with Crippen LogP contribution in [-0.2, 0) is 16.1 Å². The van der Waals surface area contributed by atoms with Gasteiger partial charge in [0, 0.05) is 23.9 Å². The Bertz CT molecular complexity index is 1250. The third-order valence-corrected chi connectivity index (χ3v) is 5.84. The summed E-state index contributed by atoms with van der Waals surface area (Å²) in [4.78, 5) is 25.6. The van der Waals surface area contributed by atoms with Crippen molar-refractivity contribution >= 4 is 23.4 Å². The maximum Gasteiger partial charge on any atom is 0.414 e. The van der Waals surface area contributed by atoms with Crippen LogP contribution in [0.3, 0.4) is 0 Å². The molecule has 1 aromatic heterocycles. The first kappa shape index (κ1) is 22.6. The van der Waals surface area contributed by atoms with Crippen LogP contribution in [0.4, 0.5) is 16.2 Å². The Labute approximate surface area is 202 Å². The van der Waals surface area contributed by atoms with E-state index in [4.69, 9.17) is 14.2 Å². The highest BCUT2D eigenvalue weighted by Crippen LogP contribution is 2.33. The summed E-state index contributed by atoms with van der Waals surface area (Å²) in [5.74, 6) is 1.03. The molecule has 2 N–H and O–H groups in total. The van der Waals surface area contributed by atoms with Crippen LogP contribution in [0.25, 0.3) is 11.3 Å². The molecule has 2 aliphatic heterocycles. The Kier molecular flexibility index (Phi) is 6.44. The van der Waals surface area contributed by atoms with E-state index in [9.17, 15) is 9.59 Å². The summed E-state index contributed by atoms with van der Waals surface area (Å²) in [5, 5.41) is 14.3. The minimum atomic E-state index is -0.398. The van der Waals surface area contributed by atoms with Gasteiger partial charge < -0.3 is 24.8 Å². The topological polar surface area (TPSA) is 115 Å². The van der Waals surface area contributed by atoms with Gasteiger partial charge in [-0.1, -0.05) is 18.2 Å². The Morgan fingerprint density at radius 3 is 3.00 bits per heavy atom. The molecular weight excluding hydrogens is 450 g/mol. The van der Waals surface area contributed by atoms with Gasteiger partial charge in [0.15, 0.2) is 6.61 Å². The largest absolute Gasteiger partial charge is 0.495 e. The van der Waals surface area contributed by atoms with Crippen molar-refractivity contribution in [1.82, 2.24) is 15.5 Å². The predicted molar refractivity (Wildman–Crippen MR) is 129 cm³/mol. The number of rotatable bonds is 8. The molecule has 5 rings (SSSR count). The lowest BCUT2D eigenvalue weighted by Crippen LogP contribution is -2.28. The molecule has 3 heterocycles. The lowest BCUT2D eigenvalue weighted by atomic mass is 10.1. The molecule has 0 spiro atoms. The maximum atomic E-state index is 12.4. The number of fused-ring (bicyclic) bond motifs is 1. The molecule has 180 valence electrons. The van der Waals surface area contributed by atoms with Gasteiger partial charge in [0.05, 0.1) is 31.2 Å². The molecule has 1 saturated heterocycles. The number of carbonyl (C=O) groups excluding carboxylic acids is 2. The van der Waals surface area contributed by atoms with Crippen LogP contribution in [0, 0.1) is 0 Å².